The van der Waals surface area contributed by atoms with Crippen molar-refractivity contribution in [1.29, 1.82) is 0 Å². The molecule has 1 heterocycles. The van der Waals surface area contributed by atoms with Gasteiger partial charge in [-0.3, -0.25) is 0 Å². The summed E-state index contributed by atoms with van der Waals surface area (Å²) in [6, 6.07) is 15.6. The fourth-order valence-corrected chi connectivity index (χ4v) is 4.34. The molecular formula is C19H18BrN. The van der Waals surface area contributed by atoms with Crippen molar-refractivity contribution < 1.29 is 0 Å². The topological polar surface area (TPSA) is 12.0 Å². The summed E-state index contributed by atoms with van der Waals surface area (Å²) in [5, 5.41) is 3.82. The monoisotopic (exact) mass is 339 g/mol. The molecule has 0 radical (unpaired) electrons. The molecule has 2 aromatic rings. The van der Waals surface area contributed by atoms with Gasteiger partial charge in [-0.15, -0.1) is 0 Å². The highest BCUT2D eigenvalue weighted by atomic mass is 79.9. The number of para-hydroxylation sites is 1. The molecule has 0 unspecified atom stereocenters. The van der Waals surface area contributed by atoms with E-state index in [1.807, 2.05) is 0 Å². The molecule has 0 amide bonds. The third-order valence-corrected chi connectivity index (χ3v) is 5.57. The second kappa shape index (κ2) is 5.03. The standard InChI is InChI=1S/C19H18BrN/c1-12-6-4-9-14-13-8-5-10-15(13)19(21-18(12)14)16-7-2-3-11-17(16)20/h2-9,11,13,15,19,21H,10H2,1H3/t13-,15-,19+/m1/s1. The Balaban J connectivity index is 1.85. The van der Waals surface area contributed by atoms with Gasteiger partial charge >= 0.3 is 0 Å². The molecule has 0 bridgehead atoms. The summed E-state index contributed by atoms with van der Waals surface area (Å²) >= 11 is 3.73. The van der Waals surface area contributed by atoms with E-state index in [0.29, 0.717) is 17.9 Å². The third-order valence-electron chi connectivity index (χ3n) is 4.85. The average Bonchev–Trinajstić information content (AvgIpc) is 2.97. The Morgan fingerprint density at radius 1 is 1.05 bits per heavy atom. The highest BCUT2D eigenvalue weighted by Gasteiger charge is 2.38. The lowest BCUT2D eigenvalue weighted by molar-refractivity contribution is 0.424. The number of hydrogen-bond donors (Lipinski definition) is 1. The number of hydrogen-bond acceptors (Lipinski definition) is 1. The van der Waals surface area contributed by atoms with Crippen molar-refractivity contribution in [3.05, 3.63) is 75.8 Å². The molecule has 3 atom stereocenters. The molecule has 0 saturated heterocycles. The Morgan fingerprint density at radius 3 is 2.71 bits per heavy atom. The van der Waals surface area contributed by atoms with E-state index in [0.717, 1.165) is 6.42 Å². The zero-order chi connectivity index (χ0) is 14.4. The van der Waals surface area contributed by atoms with Gasteiger partial charge in [0, 0.05) is 16.1 Å². The van der Waals surface area contributed by atoms with Crippen LogP contribution in [0.25, 0.3) is 0 Å². The number of rotatable bonds is 1. The van der Waals surface area contributed by atoms with Gasteiger partial charge in [-0.1, -0.05) is 64.5 Å². The van der Waals surface area contributed by atoms with Gasteiger partial charge in [-0.05, 0) is 42.0 Å². The molecule has 2 aliphatic rings. The van der Waals surface area contributed by atoms with Crippen molar-refractivity contribution in [2.24, 2.45) is 5.92 Å². The fraction of sp³-hybridized carbons (Fsp3) is 0.263. The first-order valence-corrected chi connectivity index (χ1v) is 8.32. The second-order valence-electron chi connectivity index (χ2n) is 6.04. The van der Waals surface area contributed by atoms with Gasteiger partial charge in [0.25, 0.3) is 0 Å². The van der Waals surface area contributed by atoms with E-state index in [-0.39, 0.29) is 0 Å². The van der Waals surface area contributed by atoms with Crippen LogP contribution >= 0.6 is 15.9 Å². The molecule has 1 aliphatic heterocycles. The van der Waals surface area contributed by atoms with E-state index in [2.05, 4.69) is 82.8 Å². The average molecular weight is 340 g/mol. The van der Waals surface area contributed by atoms with Crippen LogP contribution in [0.4, 0.5) is 5.69 Å². The van der Waals surface area contributed by atoms with Crippen molar-refractivity contribution >= 4 is 21.6 Å². The summed E-state index contributed by atoms with van der Waals surface area (Å²) in [6.45, 7) is 2.20. The molecule has 1 aliphatic carbocycles. The van der Waals surface area contributed by atoms with Crippen LogP contribution in [0.1, 0.15) is 35.1 Å². The van der Waals surface area contributed by atoms with Crippen molar-refractivity contribution in [2.45, 2.75) is 25.3 Å². The maximum Gasteiger partial charge on any atom is 0.0565 e. The summed E-state index contributed by atoms with van der Waals surface area (Å²) in [5.74, 6) is 1.15. The van der Waals surface area contributed by atoms with Crippen molar-refractivity contribution in [3.63, 3.8) is 0 Å². The zero-order valence-corrected chi connectivity index (χ0v) is 13.6. The normalized spacial score (nSPS) is 26.1. The third kappa shape index (κ3) is 2.04. The van der Waals surface area contributed by atoms with Gasteiger partial charge in [-0.2, -0.15) is 0 Å². The molecule has 106 valence electrons. The minimum Gasteiger partial charge on any atom is -0.377 e. The van der Waals surface area contributed by atoms with Crippen LogP contribution < -0.4 is 5.32 Å². The van der Waals surface area contributed by atoms with Gasteiger partial charge in [0.15, 0.2) is 0 Å². The Kier molecular flexibility index (Phi) is 3.15. The zero-order valence-electron chi connectivity index (χ0n) is 12.0. The molecule has 0 fully saturated rings. The number of benzene rings is 2. The van der Waals surface area contributed by atoms with Gasteiger partial charge in [0.1, 0.15) is 0 Å². The van der Waals surface area contributed by atoms with E-state index in [9.17, 15) is 0 Å². The highest BCUT2D eigenvalue weighted by Crippen LogP contribution is 2.51. The number of fused-ring (bicyclic) bond motifs is 3. The van der Waals surface area contributed by atoms with Crippen LogP contribution in [0.2, 0.25) is 0 Å². The second-order valence-corrected chi connectivity index (χ2v) is 6.89. The number of anilines is 1. The summed E-state index contributed by atoms with van der Waals surface area (Å²) in [5.41, 5.74) is 5.48. The SMILES string of the molecule is Cc1cccc2c1N[C@H](c1ccccc1Br)[C@@H]1CC=C[C@H]21. The maximum atomic E-state index is 3.82. The first-order valence-electron chi connectivity index (χ1n) is 7.53. The molecule has 4 rings (SSSR count). The lowest BCUT2D eigenvalue weighted by Crippen LogP contribution is -2.29. The molecule has 21 heavy (non-hydrogen) atoms. The molecular weight excluding hydrogens is 322 g/mol. The lowest BCUT2D eigenvalue weighted by Gasteiger charge is -2.38. The first-order chi connectivity index (χ1) is 10.3. The van der Waals surface area contributed by atoms with E-state index in [1.54, 1.807) is 0 Å². The van der Waals surface area contributed by atoms with Gasteiger partial charge in [-0.25, -0.2) is 0 Å². The van der Waals surface area contributed by atoms with E-state index < -0.39 is 0 Å². The van der Waals surface area contributed by atoms with Gasteiger partial charge < -0.3 is 5.32 Å². The molecule has 0 saturated carbocycles. The smallest absolute Gasteiger partial charge is 0.0565 e. The van der Waals surface area contributed by atoms with Crippen LogP contribution in [0.5, 0.6) is 0 Å². The van der Waals surface area contributed by atoms with Gasteiger partial charge in [0.2, 0.25) is 0 Å². The number of aryl methyl sites for hydroxylation is 1. The van der Waals surface area contributed by atoms with E-state index >= 15 is 0 Å². The van der Waals surface area contributed by atoms with Crippen molar-refractivity contribution in [1.82, 2.24) is 0 Å². The summed E-state index contributed by atoms with van der Waals surface area (Å²) in [6.07, 6.45) is 5.89. The predicted molar refractivity (Wildman–Crippen MR) is 91.7 cm³/mol. The van der Waals surface area contributed by atoms with Crippen LogP contribution in [0.15, 0.2) is 59.1 Å². The number of halogens is 1. The van der Waals surface area contributed by atoms with Crippen LogP contribution in [0, 0.1) is 12.8 Å². The minimum atomic E-state index is 0.370. The van der Waals surface area contributed by atoms with E-state index in [4.69, 9.17) is 0 Å². The molecule has 0 aromatic heterocycles. The molecule has 2 aromatic carbocycles. The maximum absolute atomic E-state index is 3.82. The minimum absolute atomic E-state index is 0.370. The fourth-order valence-electron chi connectivity index (χ4n) is 3.81. The quantitative estimate of drug-likeness (QED) is 0.668. The van der Waals surface area contributed by atoms with Gasteiger partial charge in [0.05, 0.1) is 6.04 Å². The predicted octanol–water partition coefficient (Wildman–Crippen LogP) is 5.58. The van der Waals surface area contributed by atoms with Crippen LogP contribution in [-0.2, 0) is 0 Å². The summed E-state index contributed by atoms with van der Waals surface area (Å²) in [4.78, 5) is 0. The summed E-state index contributed by atoms with van der Waals surface area (Å²) in [7, 11) is 0. The number of allylic oxidation sites excluding steroid dienone is 2. The molecule has 2 heteroatoms. The lowest BCUT2D eigenvalue weighted by atomic mass is 9.76. The highest BCUT2D eigenvalue weighted by molar-refractivity contribution is 9.10. The van der Waals surface area contributed by atoms with E-state index in [1.165, 1.54) is 26.9 Å². The Labute approximate surface area is 134 Å². The Hall–Kier alpha value is -1.54. The molecule has 1 N–H and O–H groups in total. The largest absolute Gasteiger partial charge is 0.377 e. The first kappa shape index (κ1) is 13.1. The Morgan fingerprint density at radius 2 is 1.86 bits per heavy atom. The molecule has 1 nitrogen and oxygen atoms in total. The summed E-state index contributed by atoms with van der Waals surface area (Å²) < 4.78 is 1.20. The molecule has 0 spiro atoms. The number of nitrogens with one attached hydrogen (secondary N) is 1. The van der Waals surface area contributed by atoms with Crippen molar-refractivity contribution in [3.8, 4) is 0 Å². The van der Waals surface area contributed by atoms with Crippen LogP contribution in [0.3, 0.4) is 0 Å². The van der Waals surface area contributed by atoms with Crippen molar-refractivity contribution in [2.75, 3.05) is 5.32 Å². The Bertz CT molecular complexity index is 719. The van der Waals surface area contributed by atoms with Crippen LogP contribution in [-0.4, -0.2) is 0 Å².